The second kappa shape index (κ2) is 4.73. The molecule has 0 fully saturated rings. The number of fused-ring (bicyclic) bond motifs is 1. The molecule has 0 unspecified atom stereocenters. The fraction of sp³-hybridized carbons (Fsp3) is 0.273. The molecule has 0 aliphatic rings. The molecule has 2 aromatic rings. The molecule has 0 spiro atoms. The largest absolute Gasteiger partial charge is 0.465 e. The predicted octanol–water partition coefficient (Wildman–Crippen LogP) is 1.31. The minimum absolute atomic E-state index is 0.0299. The van der Waals surface area contributed by atoms with Crippen molar-refractivity contribution in [2.24, 2.45) is 0 Å². The maximum Gasteiger partial charge on any atom is 0.340 e. The summed E-state index contributed by atoms with van der Waals surface area (Å²) in [6, 6.07) is 3.33. The van der Waals surface area contributed by atoms with Crippen molar-refractivity contribution in [2.45, 2.75) is 6.42 Å². The molecular formula is C11H11ClN2O3. The smallest absolute Gasteiger partial charge is 0.340 e. The Morgan fingerprint density at radius 2 is 2.41 bits per heavy atom. The third-order valence-electron chi connectivity index (χ3n) is 2.44. The van der Waals surface area contributed by atoms with Gasteiger partial charge in [-0.15, -0.1) is 0 Å². The number of aromatic nitrogens is 2. The van der Waals surface area contributed by atoms with Crippen molar-refractivity contribution in [3.8, 4) is 0 Å². The van der Waals surface area contributed by atoms with Crippen LogP contribution in [0.3, 0.4) is 0 Å². The third-order valence-corrected chi connectivity index (χ3v) is 2.70. The zero-order chi connectivity index (χ0) is 12.4. The highest BCUT2D eigenvalue weighted by molar-refractivity contribution is 6.33. The number of aliphatic hydroxyl groups excluding tert-OH is 1. The van der Waals surface area contributed by atoms with Crippen LogP contribution in [-0.2, 0) is 11.2 Å². The van der Waals surface area contributed by atoms with E-state index in [0.717, 1.165) is 0 Å². The van der Waals surface area contributed by atoms with E-state index in [1.54, 1.807) is 22.7 Å². The lowest BCUT2D eigenvalue weighted by molar-refractivity contribution is 0.0602. The van der Waals surface area contributed by atoms with Crippen LogP contribution >= 0.6 is 11.6 Å². The molecule has 2 heterocycles. The van der Waals surface area contributed by atoms with Gasteiger partial charge in [-0.3, -0.25) is 0 Å². The summed E-state index contributed by atoms with van der Waals surface area (Å²) in [7, 11) is 1.31. The molecule has 0 radical (unpaired) electrons. The van der Waals surface area contributed by atoms with E-state index in [9.17, 15) is 4.79 Å². The van der Waals surface area contributed by atoms with Crippen LogP contribution in [0.25, 0.3) is 5.52 Å². The molecule has 6 heteroatoms. The van der Waals surface area contributed by atoms with Crippen molar-refractivity contribution in [3.05, 3.63) is 34.9 Å². The van der Waals surface area contributed by atoms with Gasteiger partial charge in [-0.1, -0.05) is 11.6 Å². The van der Waals surface area contributed by atoms with Crippen LogP contribution in [-0.4, -0.2) is 34.2 Å². The van der Waals surface area contributed by atoms with E-state index in [1.807, 2.05) is 0 Å². The number of carbonyl (C=O) groups excluding carboxylic acids is 1. The Kier molecular flexibility index (Phi) is 3.31. The number of halogens is 1. The summed E-state index contributed by atoms with van der Waals surface area (Å²) < 4.78 is 6.37. The Hall–Kier alpha value is -1.59. The summed E-state index contributed by atoms with van der Waals surface area (Å²) >= 11 is 6.00. The normalized spacial score (nSPS) is 10.8. The number of imidazole rings is 1. The Morgan fingerprint density at radius 1 is 1.65 bits per heavy atom. The zero-order valence-corrected chi connectivity index (χ0v) is 9.94. The average molecular weight is 255 g/mol. The first-order chi connectivity index (χ1) is 8.19. The first kappa shape index (κ1) is 11.9. The van der Waals surface area contributed by atoms with Crippen LogP contribution in [0, 0.1) is 0 Å². The van der Waals surface area contributed by atoms with Crippen molar-refractivity contribution >= 4 is 23.1 Å². The second-order valence-corrected chi connectivity index (χ2v) is 3.78. The maximum atomic E-state index is 11.6. The van der Waals surface area contributed by atoms with E-state index in [-0.39, 0.29) is 11.8 Å². The standard InChI is InChI=1S/C11H11ClN2O3/c1-17-11(16)7-3-2-5-14-8(4-6-15)13-10(12)9(7)14/h2-3,5,15H,4,6H2,1H3. The average Bonchev–Trinajstić information content (AvgIpc) is 2.66. The van der Waals surface area contributed by atoms with Crippen LogP contribution in [0.2, 0.25) is 5.15 Å². The Balaban J connectivity index is 2.68. The van der Waals surface area contributed by atoms with Crippen molar-refractivity contribution in [2.75, 3.05) is 13.7 Å². The number of nitrogens with zero attached hydrogens (tertiary/aromatic N) is 2. The van der Waals surface area contributed by atoms with E-state index >= 15 is 0 Å². The van der Waals surface area contributed by atoms with Crippen LogP contribution in [0.4, 0.5) is 0 Å². The zero-order valence-electron chi connectivity index (χ0n) is 9.18. The molecule has 2 aromatic heterocycles. The highest BCUT2D eigenvalue weighted by Crippen LogP contribution is 2.23. The number of aliphatic hydroxyl groups is 1. The molecule has 0 aliphatic heterocycles. The molecule has 0 atom stereocenters. The lowest BCUT2D eigenvalue weighted by Crippen LogP contribution is -2.05. The summed E-state index contributed by atoms with van der Waals surface area (Å²) in [5, 5.41) is 9.16. The summed E-state index contributed by atoms with van der Waals surface area (Å²) in [5.41, 5.74) is 0.862. The number of carbonyl (C=O) groups is 1. The number of esters is 1. The Morgan fingerprint density at radius 3 is 3.06 bits per heavy atom. The van der Waals surface area contributed by atoms with Crippen LogP contribution in [0.1, 0.15) is 16.2 Å². The van der Waals surface area contributed by atoms with Gasteiger partial charge in [0.25, 0.3) is 0 Å². The van der Waals surface area contributed by atoms with Crippen molar-refractivity contribution in [1.29, 1.82) is 0 Å². The SMILES string of the molecule is COC(=O)c1cccn2c(CCO)nc(Cl)c12. The molecule has 2 rings (SSSR count). The van der Waals surface area contributed by atoms with E-state index in [1.165, 1.54) is 7.11 Å². The quantitative estimate of drug-likeness (QED) is 0.839. The number of hydrogen-bond donors (Lipinski definition) is 1. The van der Waals surface area contributed by atoms with Gasteiger partial charge in [0.2, 0.25) is 0 Å². The molecule has 90 valence electrons. The highest BCUT2D eigenvalue weighted by Gasteiger charge is 2.17. The fourth-order valence-corrected chi connectivity index (χ4v) is 2.00. The molecule has 17 heavy (non-hydrogen) atoms. The molecule has 0 saturated heterocycles. The Bertz CT molecular complexity index is 565. The molecule has 0 aromatic carbocycles. The van der Waals surface area contributed by atoms with Crippen LogP contribution in [0.15, 0.2) is 18.3 Å². The first-order valence-corrected chi connectivity index (χ1v) is 5.41. The summed E-state index contributed by atoms with van der Waals surface area (Å²) in [6.45, 7) is -0.0299. The van der Waals surface area contributed by atoms with Gasteiger partial charge in [0, 0.05) is 12.6 Å². The van der Waals surface area contributed by atoms with Crippen molar-refractivity contribution in [1.82, 2.24) is 9.38 Å². The van der Waals surface area contributed by atoms with Gasteiger partial charge in [-0.05, 0) is 12.1 Å². The van der Waals surface area contributed by atoms with Gasteiger partial charge in [0.15, 0.2) is 5.15 Å². The van der Waals surface area contributed by atoms with Gasteiger partial charge in [0.05, 0.1) is 24.8 Å². The number of hydrogen-bond acceptors (Lipinski definition) is 4. The van der Waals surface area contributed by atoms with Gasteiger partial charge in [0.1, 0.15) is 5.82 Å². The first-order valence-electron chi connectivity index (χ1n) is 5.03. The molecule has 5 nitrogen and oxygen atoms in total. The van der Waals surface area contributed by atoms with E-state index < -0.39 is 5.97 Å². The number of methoxy groups -OCH3 is 1. The van der Waals surface area contributed by atoms with Crippen LogP contribution < -0.4 is 0 Å². The molecule has 0 bridgehead atoms. The van der Waals surface area contributed by atoms with Gasteiger partial charge < -0.3 is 14.2 Å². The molecule has 0 saturated carbocycles. The maximum absolute atomic E-state index is 11.6. The lowest BCUT2D eigenvalue weighted by Gasteiger charge is -2.03. The summed E-state index contributed by atoms with van der Waals surface area (Å²) in [6.07, 6.45) is 2.12. The van der Waals surface area contributed by atoms with Gasteiger partial charge >= 0.3 is 5.97 Å². The highest BCUT2D eigenvalue weighted by atomic mass is 35.5. The van der Waals surface area contributed by atoms with Crippen LogP contribution in [0.5, 0.6) is 0 Å². The van der Waals surface area contributed by atoms with E-state index in [2.05, 4.69) is 9.72 Å². The third kappa shape index (κ3) is 1.99. The van der Waals surface area contributed by atoms with E-state index in [0.29, 0.717) is 23.3 Å². The monoisotopic (exact) mass is 254 g/mol. The van der Waals surface area contributed by atoms with E-state index in [4.69, 9.17) is 16.7 Å². The topological polar surface area (TPSA) is 63.8 Å². The van der Waals surface area contributed by atoms with Gasteiger partial charge in [-0.2, -0.15) is 0 Å². The Labute approximate surface area is 103 Å². The molecule has 0 amide bonds. The molecular weight excluding hydrogens is 244 g/mol. The summed E-state index contributed by atoms with van der Waals surface area (Å²) in [5.74, 6) is 0.145. The number of rotatable bonds is 3. The van der Waals surface area contributed by atoms with Gasteiger partial charge in [-0.25, -0.2) is 9.78 Å². The minimum atomic E-state index is -0.465. The predicted molar refractivity (Wildman–Crippen MR) is 62.3 cm³/mol. The molecule has 1 N–H and O–H groups in total. The lowest BCUT2D eigenvalue weighted by atomic mass is 10.2. The molecule has 0 aliphatic carbocycles. The number of pyridine rings is 1. The summed E-state index contributed by atoms with van der Waals surface area (Å²) in [4.78, 5) is 15.7. The number of ether oxygens (including phenoxy) is 1. The second-order valence-electron chi connectivity index (χ2n) is 3.42. The fourth-order valence-electron chi connectivity index (χ4n) is 1.71. The minimum Gasteiger partial charge on any atom is -0.465 e. The van der Waals surface area contributed by atoms with Crippen molar-refractivity contribution < 1.29 is 14.6 Å². The van der Waals surface area contributed by atoms with Crippen molar-refractivity contribution in [3.63, 3.8) is 0 Å².